The summed E-state index contributed by atoms with van der Waals surface area (Å²) in [6.45, 7) is 1.10. The summed E-state index contributed by atoms with van der Waals surface area (Å²) < 4.78 is 75.9. The fraction of sp³-hybridized carbons (Fsp3) is 0.273. The summed E-state index contributed by atoms with van der Waals surface area (Å²) in [5, 5.41) is 0. The number of nitrogens with zero attached hydrogens (tertiary/aromatic N) is 1. The number of rotatable bonds is 2. The van der Waals surface area contributed by atoms with Gasteiger partial charge in [-0.1, -0.05) is 0 Å². The van der Waals surface area contributed by atoms with E-state index in [0.717, 1.165) is 24.1 Å². The molecular weight excluding hydrogens is 507 g/mol. The fourth-order valence-corrected chi connectivity index (χ4v) is 4.72. The number of hydrogen-bond donors (Lipinski definition) is 0. The second-order valence-electron chi connectivity index (χ2n) is 7.56. The Labute approximate surface area is 220 Å². The first-order chi connectivity index (χ1) is 14.8. The molecule has 0 fully saturated rings. The van der Waals surface area contributed by atoms with Gasteiger partial charge in [-0.25, -0.2) is 0 Å². The van der Waals surface area contributed by atoms with Crippen molar-refractivity contribution in [2.75, 3.05) is 18.6 Å². The Morgan fingerprint density at radius 3 is 2.47 bits per heavy atom. The first kappa shape index (κ1) is 25.2. The molecule has 0 saturated heterocycles. The van der Waals surface area contributed by atoms with E-state index < -0.39 is 53.6 Å². The van der Waals surface area contributed by atoms with Gasteiger partial charge >= 0.3 is 215 Å². The van der Waals surface area contributed by atoms with Crippen molar-refractivity contribution in [2.45, 2.75) is 25.4 Å². The van der Waals surface area contributed by atoms with Gasteiger partial charge in [-0.05, 0) is 0 Å². The molecule has 0 radical (unpaired) electrons. The van der Waals surface area contributed by atoms with Crippen LogP contribution in [0.2, 0.25) is 0 Å². The van der Waals surface area contributed by atoms with Gasteiger partial charge in [0.2, 0.25) is 0 Å². The van der Waals surface area contributed by atoms with E-state index in [9.17, 15) is 22.8 Å². The Hall–Kier alpha value is -1.42. The summed E-state index contributed by atoms with van der Waals surface area (Å²) in [5.41, 5.74) is -1.88. The fourth-order valence-electron chi connectivity index (χ4n) is 3.60. The van der Waals surface area contributed by atoms with E-state index in [2.05, 4.69) is 4.74 Å². The summed E-state index contributed by atoms with van der Waals surface area (Å²) in [7, 11) is 1.04. The van der Waals surface area contributed by atoms with Gasteiger partial charge < -0.3 is 0 Å². The summed E-state index contributed by atoms with van der Waals surface area (Å²) in [6, 6.07) is 7.81. The van der Waals surface area contributed by atoms with Gasteiger partial charge in [0.1, 0.15) is 0 Å². The van der Waals surface area contributed by atoms with Gasteiger partial charge in [0.05, 0.1) is 7.11 Å². The Bertz CT molecular complexity index is 1110. The van der Waals surface area contributed by atoms with Crippen LogP contribution in [0.4, 0.5) is 27.6 Å². The van der Waals surface area contributed by atoms with E-state index in [0.29, 0.717) is 10.3 Å². The van der Waals surface area contributed by atoms with Crippen molar-refractivity contribution in [2.24, 2.45) is 0 Å². The number of allylic oxidation sites excluding steroid dienone is 1. The molecular formula is C22H17F5NO3Rb. The molecule has 3 rings (SSSR count). The monoisotopic (exact) mass is 523 g/mol. The van der Waals surface area contributed by atoms with E-state index in [1.54, 1.807) is 13.0 Å². The maximum atomic E-state index is 15.0. The van der Waals surface area contributed by atoms with Crippen molar-refractivity contribution in [3.05, 3.63) is 64.7 Å². The van der Waals surface area contributed by atoms with Crippen LogP contribution in [0.15, 0.2) is 42.5 Å². The summed E-state index contributed by atoms with van der Waals surface area (Å²) >= 11 is -0.225. The number of esters is 1. The Morgan fingerprint density at radius 1 is 1.16 bits per heavy atom. The van der Waals surface area contributed by atoms with E-state index >= 15 is 8.78 Å². The van der Waals surface area contributed by atoms with Crippen LogP contribution in [0.3, 0.4) is 0 Å². The quantitative estimate of drug-likeness (QED) is 0.339. The van der Waals surface area contributed by atoms with Crippen molar-refractivity contribution in [3.63, 3.8) is 0 Å². The number of aryl methyl sites for hydroxylation is 1. The van der Waals surface area contributed by atoms with Gasteiger partial charge in [-0.15, -0.1) is 0 Å². The molecule has 0 atom stereocenters. The first-order valence-electron chi connectivity index (χ1n) is 9.64. The van der Waals surface area contributed by atoms with Crippen LogP contribution >= 0.6 is 0 Å². The number of amides is 1. The molecule has 0 spiro atoms. The second kappa shape index (κ2) is 9.44. The number of carbonyl (C=O) groups excluding carboxylic acids is 2. The molecule has 0 saturated carbocycles. The van der Waals surface area contributed by atoms with Gasteiger partial charge in [0.25, 0.3) is 0 Å². The SMILES string of the molecule is COC(=O)/C=C1/c2cc(C)ccc2N(C(=O)c2cc[c]([Rb])cc2C(F)(F)F)CCC1(F)F. The minimum atomic E-state index is -4.77. The Morgan fingerprint density at radius 2 is 1.84 bits per heavy atom. The molecule has 4 nitrogen and oxygen atoms in total. The zero-order valence-electron chi connectivity index (χ0n) is 17.5. The summed E-state index contributed by atoms with van der Waals surface area (Å²) in [5.74, 6) is -5.55. The standard InChI is InChI=1S/C22H17F5NO3.Rb/c1-13-7-8-18-15(11-13)17(12-19(29)31-2)21(23,24)9-10-28(18)20(30)14-5-3-4-6-16(14)22(25,26)27;/h3,5-8,11-12H,9-10H2,1-2H3;/b17-12-;. The van der Waals surface area contributed by atoms with Crippen molar-refractivity contribution in [3.8, 4) is 0 Å². The summed E-state index contributed by atoms with van der Waals surface area (Å²) in [4.78, 5) is 25.9. The molecule has 1 amide bonds. The molecule has 32 heavy (non-hydrogen) atoms. The minimum absolute atomic E-state index is 0.000743. The second-order valence-corrected chi connectivity index (χ2v) is 10.4. The molecule has 10 heteroatoms. The number of hydrogen-bond acceptors (Lipinski definition) is 3. The Balaban J connectivity index is 2.22. The van der Waals surface area contributed by atoms with Crippen LogP contribution in [-0.2, 0) is 15.7 Å². The molecule has 0 N–H and O–H groups in total. The van der Waals surface area contributed by atoms with E-state index in [1.165, 1.54) is 18.2 Å². The van der Waals surface area contributed by atoms with Crippen LogP contribution in [0.25, 0.3) is 5.57 Å². The molecule has 1 aliphatic heterocycles. The molecule has 0 aliphatic carbocycles. The van der Waals surface area contributed by atoms with Gasteiger partial charge in [-0.2, -0.15) is 0 Å². The molecule has 0 bridgehead atoms. The predicted molar refractivity (Wildman–Crippen MR) is 109 cm³/mol. The van der Waals surface area contributed by atoms with Crippen LogP contribution in [0.1, 0.15) is 33.5 Å². The number of fused-ring (bicyclic) bond motifs is 1. The zero-order chi connectivity index (χ0) is 23.8. The first-order valence-corrected chi connectivity index (χ1v) is 12.1. The van der Waals surface area contributed by atoms with Crippen LogP contribution in [0.5, 0.6) is 0 Å². The third-order valence-electron chi connectivity index (χ3n) is 5.20. The molecule has 1 aliphatic rings. The van der Waals surface area contributed by atoms with Gasteiger partial charge in [-0.3, -0.25) is 0 Å². The third-order valence-corrected chi connectivity index (χ3v) is 6.72. The maximum absolute atomic E-state index is 15.0. The van der Waals surface area contributed by atoms with E-state index in [-0.39, 0.29) is 66.8 Å². The summed E-state index contributed by atoms with van der Waals surface area (Å²) in [6.07, 6.45) is -4.99. The zero-order valence-corrected chi connectivity index (χ0v) is 22.4. The number of ether oxygens (including phenoxy) is 1. The Kier molecular flexibility index (Phi) is 7.44. The average Bonchev–Trinajstić information content (AvgIpc) is 2.81. The van der Waals surface area contributed by atoms with E-state index in [1.807, 2.05) is 0 Å². The van der Waals surface area contributed by atoms with E-state index in [4.69, 9.17) is 0 Å². The molecule has 1 heterocycles. The predicted octanol–water partition coefficient (Wildman–Crippen LogP) is 4.05. The van der Waals surface area contributed by atoms with Gasteiger partial charge in [0, 0.05) is 0 Å². The number of benzene rings is 2. The van der Waals surface area contributed by atoms with Crippen LogP contribution in [-0.4, -0.2) is 87.0 Å². The van der Waals surface area contributed by atoms with Crippen LogP contribution < -0.4 is 3.53 Å². The number of alkyl halides is 5. The topological polar surface area (TPSA) is 46.6 Å². The van der Waals surface area contributed by atoms with Crippen LogP contribution in [0, 0.1) is 6.92 Å². The average molecular weight is 524 g/mol. The molecule has 164 valence electrons. The third kappa shape index (κ3) is 5.21. The normalized spacial score (nSPS) is 17.0. The molecule has 2 aromatic carbocycles. The van der Waals surface area contributed by atoms with Crippen molar-refractivity contribution in [1.29, 1.82) is 0 Å². The number of halogens is 5. The van der Waals surface area contributed by atoms with Gasteiger partial charge in [0.15, 0.2) is 0 Å². The van der Waals surface area contributed by atoms with Crippen molar-refractivity contribution >= 4 is 77.3 Å². The number of methoxy groups -OCH3 is 1. The molecule has 2 aromatic rings. The van der Waals surface area contributed by atoms with Crippen molar-refractivity contribution < 1.29 is 36.3 Å². The molecule has 0 unspecified atom stereocenters. The molecule has 0 aromatic heterocycles. The number of anilines is 1. The van der Waals surface area contributed by atoms with Crippen molar-refractivity contribution in [1.82, 2.24) is 0 Å². The number of carbonyl (C=O) groups is 2.